The molecule has 7 heteroatoms. The Morgan fingerprint density at radius 3 is 2.62 bits per heavy atom. The minimum absolute atomic E-state index is 0.0238. The van der Waals surface area contributed by atoms with Crippen molar-refractivity contribution >= 4 is 17.8 Å². The van der Waals surface area contributed by atoms with Crippen molar-refractivity contribution < 1.29 is 19.5 Å². The van der Waals surface area contributed by atoms with Crippen molar-refractivity contribution in [2.24, 2.45) is 11.7 Å². The number of primary amides is 1. The van der Waals surface area contributed by atoms with Gasteiger partial charge in [-0.3, -0.25) is 9.59 Å². The number of fused-ring (bicyclic) bond motifs is 1. The number of hydrogen-bond donors (Lipinski definition) is 4. The summed E-state index contributed by atoms with van der Waals surface area (Å²) in [6.07, 6.45) is 5.33. The lowest BCUT2D eigenvalue weighted by molar-refractivity contribution is -0.142. The first kappa shape index (κ1) is 15.8. The first-order valence-corrected chi connectivity index (χ1v) is 7.55. The molecule has 1 aliphatic carbocycles. The fraction of sp³-hybridized carbons (Fsp3) is 0.786. The van der Waals surface area contributed by atoms with Crippen molar-refractivity contribution in [2.45, 2.75) is 63.1 Å². The summed E-state index contributed by atoms with van der Waals surface area (Å²) in [5.41, 5.74) is 5.02. The van der Waals surface area contributed by atoms with Gasteiger partial charge in [0.1, 0.15) is 6.04 Å². The topological polar surface area (TPSA) is 122 Å². The van der Waals surface area contributed by atoms with Crippen molar-refractivity contribution in [1.29, 1.82) is 0 Å². The quantitative estimate of drug-likeness (QED) is 0.538. The highest BCUT2D eigenvalue weighted by molar-refractivity contribution is 5.87. The Bertz CT molecular complexity index is 412. The van der Waals surface area contributed by atoms with Crippen molar-refractivity contribution in [3.8, 4) is 0 Å². The summed E-state index contributed by atoms with van der Waals surface area (Å²) in [5, 5.41) is 14.9. The van der Waals surface area contributed by atoms with Crippen molar-refractivity contribution in [3.63, 3.8) is 0 Å². The van der Waals surface area contributed by atoms with Gasteiger partial charge in [0.2, 0.25) is 11.8 Å². The van der Waals surface area contributed by atoms with Crippen LogP contribution in [-0.2, 0) is 14.4 Å². The van der Waals surface area contributed by atoms with Gasteiger partial charge in [-0.25, -0.2) is 4.79 Å². The van der Waals surface area contributed by atoms with E-state index in [0.717, 1.165) is 19.3 Å². The molecule has 2 amide bonds. The van der Waals surface area contributed by atoms with Gasteiger partial charge in [0.25, 0.3) is 0 Å². The third kappa shape index (κ3) is 4.17. The molecule has 2 aliphatic rings. The molecule has 0 spiro atoms. The first-order valence-electron chi connectivity index (χ1n) is 7.55. The second-order valence-electron chi connectivity index (χ2n) is 6.01. The molecule has 0 bridgehead atoms. The number of carboxylic acid groups (broad SMARTS) is 1. The Morgan fingerprint density at radius 2 is 2.00 bits per heavy atom. The lowest BCUT2D eigenvalue weighted by Gasteiger charge is -2.24. The Labute approximate surface area is 123 Å². The molecule has 1 saturated carbocycles. The normalized spacial score (nSPS) is 29.4. The number of carbonyl (C=O) groups excluding carboxylic acids is 2. The minimum Gasteiger partial charge on any atom is -0.480 e. The number of carbonyl (C=O) groups is 3. The molecule has 5 N–H and O–H groups in total. The van der Waals surface area contributed by atoms with E-state index in [9.17, 15) is 14.4 Å². The third-order valence-corrected chi connectivity index (χ3v) is 4.47. The van der Waals surface area contributed by atoms with E-state index in [1.165, 1.54) is 12.8 Å². The summed E-state index contributed by atoms with van der Waals surface area (Å²) >= 11 is 0. The molecule has 2 rings (SSSR count). The zero-order valence-electron chi connectivity index (χ0n) is 12.0. The molecule has 1 aliphatic heterocycles. The van der Waals surface area contributed by atoms with Crippen LogP contribution in [0, 0.1) is 5.92 Å². The van der Waals surface area contributed by atoms with Crippen LogP contribution in [0.5, 0.6) is 0 Å². The average molecular weight is 297 g/mol. The van der Waals surface area contributed by atoms with Gasteiger partial charge >= 0.3 is 5.97 Å². The van der Waals surface area contributed by atoms with Crippen LogP contribution in [0.4, 0.5) is 0 Å². The largest absolute Gasteiger partial charge is 0.480 e. The molecule has 0 aromatic carbocycles. The number of nitrogens with one attached hydrogen (secondary N) is 2. The molecule has 2 fully saturated rings. The summed E-state index contributed by atoms with van der Waals surface area (Å²) in [7, 11) is 0. The van der Waals surface area contributed by atoms with Crippen molar-refractivity contribution in [3.05, 3.63) is 0 Å². The number of carboxylic acids is 1. The fourth-order valence-corrected chi connectivity index (χ4v) is 3.34. The standard InChI is InChI=1S/C14H23N3O4/c15-12(18)6-5-10(14(20)21)17-13(19)11-7-8-3-1-2-4-9(8)16-11/h8-11,16H,1-7H2,(H2,15,18)(H,17,19)(H,20,21)/t8?,9?,10-,11?/m0/s1. The van der Waals surface area contributed by atoms with E-state index < -0.39 is 17.9 Å². The summed E-state index contributed by atoms with van der Waals surface area (Å²) in [5.74, 6) is -1.48. The molecule has 0 aromatic rings. The lowest BCUT2D eigenvalue weighted by Crippen LogP contribution is -2.49. The van der Waals surface area contributed by atoms with Gasteiger partial charge in [0.15, 0.2) is 0 Å². The molecular formula is C14H23N3O4. The van der Waals surface area contributed by atoms with E-state index >= 15 is 0 Å². The van der Waals surface area contributed by atoms with E-state index in [0.29, 0.717) is 12.0 Å². The average Bonchev–Trinajstić information content (AvgIpc) is 2.86. The molecule has 21 heavy (non-hydrogen) atoms. The van der Waals surface area contributed by atoms with Crippen LogP contribution < -0.4 is 16.4 Å². The van der Waals surface area contributed by atoms with Gasteiger partial charge in [0.05, 0.1) is 6.04 Å². The second kappa shape index (κ2) is 6.89. The van der Waals surface area contributed by atoms with Crippen LogP contribution in [0.15, 0.2) is 0 Å². The van der Waals surface area contributed by atoms with E-state index in [4.69, 9.17) is 10.8 Å². The number of hydrogen-bond acceptors (Lipinski definition) is 4. The predicted molar refractivity (Wildman–Crippen MR) is 75.3 cm³/mol. The van der Waals surface area contributed by atoms with E-state index in [1.54, 1.807) is 0 Å². The highest BCUT2D eigenvalue weighted by atomic mass is 16.4. The van der Waals surface area contributed by atoms with Gasteiger partial charge in [-0.1, -0.05) is 12.8 Å². The Balaban J connectivity index is 1.87. The van der Waals surface area contributed by atoms with E-state index in [2.05, 4.69) is 10.6 Å². The van der Waals surface area contributed by atoms with Crippen LogP contribution in [0.3, 0.4) is 0 Å². The molecule has 0 radical (unpaired) electrons. The van der Waals surface area contributed by atoms with Gasteiger partial charge in [-0.2, -0.15) is 0 Å². The summed E-state index contributed by atoms with van der Waals surface area (Å²) in [4.78, 5) is 34.1. The van der Waals surface area contributed by atoms with Crippen LogP contribution in [-0.4, -0.2) is 41.0 Å². The summed E-state index contributed by atoms with van der Waals surface area (Å²) in [6, 6.07) is -1.01. The Hall–Kier alpha value is -1.63. The van der Waals surface area contributed by atoms with Crippen LogP contribution >= 0.6 is 0 Å². The van der Waals surface area contributed by atoms with Crippen LogP contribution in [0.1, 0.15) is 44.9 Å². The minimum atomic E-state index is -1.14. The molecule has 7 nitrogen and oxygen atoms in total. The van der Waals surface area contributed by atoms with E-state index in [1.807, 2.05) is 0 Å². The highest BCUT2D eigenvalue weighted by Gasteiger charge is 2.39. The Morgan fingerprint density at radius 1 is 1.29 bits per heavy atom. The van der Waals surface area contributed by atoms with Crippen LogP contribution in [0.2, 0.25) is 0 Å². The predicted octanol–water partition coefficient (Wildman–Crippen LogP) is -0.258. The Kier molecular flexibility index (Phi) is 5.17. The van der Waals surface area contributed by atoms with E-state index in [-0.39, 0.29) is 24.8 Å². The number of amides is 2. The van der Waals surface area contributed by atoms with Crippen LogP contribution in [0.25, 0.3) is 0 Å². The molecule has 4 atom stereocenters. The molecule has 3 unspecified atom stereocenters. The summed E-state index contributed by atoms with van der Waals surface area (Å²) < 4.78 is 0. The lowest BCUT2D eigenvalue weighted by atomic mass is 9.85. The van der Waals surface area contributed by atoms with Gasteiger partial charge in [-0.05, 0) is 31.6 Å². The zero-order chi connectivity index (χ0) is 15.4. The second-order valence-corrected chi connectivity index (χ2v) is 6.01. The molecular weight excluding hydrogens is 274 g/mol. The smallest absolute Gasteiger partial charge is 0.326 e. The fourth-order valence-electron chi connectivity index (χ4n) is 3.34. The maximum atomic E-state index is 12.2. The van der Waals surface area contributed by atoms with Crippen molar-refractivity contribution in [1.82, 2.24) is 10.6 Å². The zero-order valence-corrected chi connectivity index (χ0v) is 12.0. The maximum absolute atomic E-state index is 12.2. The number of nitrogens with two attached hydrogens (primary N) is 1. The van der Waals surface area contributed by atoms with Gasteiger partial charge in [-0.15, -0.1) is 0 Å². The SMILES string of the molecule is NC(=O)CC[C@H](NC(=O)C1CC2CCCCC2N1)C(=O)O. The molecule has 118 valence electrons. The van der Waals surface area contributed by atoms with Gasteiger partial charge in [0, 0.05) is 12.5 Å². The number of aliphatic carboxylic acids is 1. The maximum Gasteiger partial charge on any atom is 0.326 e. The molecule has 1 heterocycles. The van der Waals surface area contributed by atoms with Gasteiger partial charge < -0.3 is 21.5 Å². The molecule has 0 aromatic heterocycles. The van der Waals surface area contributed by atoms with Crippen molar-refractivity contribution in [2.75, 3.05) is 0 Å². The summed E-state index contributed by atoms with van der Waals surface area (Å²) in [6.45, 7) is 0. The number of rotatable bonds is 6. The third-order valence-electron chi connectivity index (χ3n) is 4.47. The highest BCUT2D eigenvalue weighted by Crippen LogP contribution is 2.33. The molecule has 1 saturated heterocycles. The monoisotopic (exact) mass is 297 g/mol. The first-order chi connectivity index (χ1) is 9.97.